The number of phenols is 1. The number of aromatic nitrogens is 9. The molecule has 0 aliphatic heterocycles. The van der Waals surface area contributed by atoms with Crippen molar-refractivity contribution < 1.29 is 146 Å². The van der Waals surface area contributed by atoms with Gasteiger partial charge in [0.1, 0.15) is 72.4 Å². The van der Waals surface area contributed by atoms with E-state index in [-0.39, 0.29) is 153 Å². The van der Waals surface area contributed by atoms with Crippen LogP contribution in [0.5, 0.6) is 46.0 Å². The molecular weight excluding hydrogens is 2170 g/mol. The van der Waals surface area contributed by atoms with Crippen LogP contribution in [0.1, 0.15) is 70.0 Å². The third-order valence-electron chi connectivity index (χ3n) is 19.4. The molecule has 36 nitrogen and oxygen atoms in total. The Bertz CT molecular complexity index is 7180. The molecular formula is C110H106ClN23O13Pr2. The third kappa shape index (κ3) is 42.5. The van der Waals surface area contributed by atoms with Gasteiger partial charge >= 0.3 is 12.1 Å². The fourth-order valence-electron chi connectivity index (χ4n) is 12.3. The second-order valence-electron chi connectivity index (χ2n) is 30.5. The normalized spacial score (nSPS) is 9.81. The molecule has 0 atom stereocenters. The Morgan fingerprint density at radius 1 is 0.389 bits per heavy atom. The number of halogens is 1. The molecule has 3 aromatic heterocycles. The van der Waals surface area contributed by atoms with E-state index in [1.807, 2.05) is 330 Å². The number of nitrogens with two attached hydrogens (primary N) is 6. The van der Waals surface area contributed by atoms with Crippen molar-refractivity contribution in [2.45, 2.75) is 47.2 Å². The fraction of sp³-hybridized carbons (Fsp3) is 0.0636. The summed E-state index contributed by atoms with van der Waals surface area (Å²) in [4.78, 5) is 55.6. The Kier molecular flexibility index (Phi) is 51.9. The van der Waals surface area contributed by atoms with Gasteiger partial charge in [0.25, 0.3) is 17.1 Å². The van der Waals surface area contributed by atoms with Crippen LogP contribution in [0.25, 0.3) is 0 Å². The van der Waals surface area contributed by atoms with E-state index >= 15 is 0 Å². The molecule has 0 spiro atoms. The molecule has 18 rings (SSSR count). The van der Waals surface area contributed by atoms with Crippen molar-refractivity contribution >= 4 is 105 Å². The number of nitrogens with zero attached hydrogens (tertiary/aromatic N) is 12. The molecule has 0 bridgehead atoms. The van der Waals surface area contributed by atoms with Gasteiger partial charge in [-0.3, -0.25) is 26.1 Å². The van der Waals surface area contributed by atoms with Crippen LogP contribution in [0.2, 0.25) is 0 Å². The number of aryl methyl sites for hydroxylation is 3. The molecule has 3 heterocycles. The number of aromatic hydroxyl groups is 1. The van der Waals surface area contributed by atoms with Crippen molar-refractivity contribution in [1.82, 2.24) is 50.0 Å². The van der Waals surface area contributed by atoms with Gasteiger partial charge in [-0.15, -0.1) is 15.3 Å². The number of hydrogen-bond donors (Lipinski definition) is 12. The van der Waals surface area contributed by atoms with E-state index in [0.29, 0.717) is 89.2 Å². The average Bonchev–Trinajstić information content (AvgIpc) is 1.68. The zero-order valence-corrected chi connectivity index (χ0v) is 89.1. The topological polar surface area (TPSA) is 579 Å². The number of H-pyrrole nitrogens is 1. The van der Waals surface area contributed by atoms with Gasteiger partial charge in [0, 0.05) is 152 Å². The Morgan fingerprint density at radius 2 is 0.718 bits per heavy atom. The first-order chi connectivity index (χ1) is 70.7. The maximum atomic E-state index is 12.7. The second kappa shape index (κ2) is 65.2. The Morgan fingerprint density at radius 3 is 1.07 bits per heavy atom. The summed E-state index contributed by atoms with van der Waals surface area (Å²) in [5, 5.41) is 52.8. The number of amidine groups is 1. The number of aromatic amines is 1. The van der Waals surface area contributed by atoms with Gasteiger partial charge in [0.15, 0.2) is 6.19 Å². The molecule has 0 aliphatic rings. The first-order valence-electron chi connectivity index (χ1n) is 44.4. The fourth-order valence-corrected chi connectivity index (χ4v) is 12.5. The van der Waals surface area contributed by atoms with Crippen LogP contribution in [-0.2, 0) is 26.4 Å². The summed E-state index contributed by atoms with van der Waals surface area (Å²) in [6, 6.07) is 125. The molecule has 15 aromatic carbocycles. The number of para-hydroxylation sites is 3. The molecule has 18 aromatic rings. The van der Waals surface area contributed by atoms with Crippen molar-refractivity contribution in [1.29, 1.82) is 10.5 Å². The van der Waals surface area contributed by atoms with Crippen LogP contribution in [-0.4, -0.2) is 89.9 Å². The zero-order valence-electron chi connectivity index (χ0n) is 80.9. The summed E-state index contributed by atoms with van der Waals surface area (Å²) in [6.45, 7) is 7.89. The Balaban J connectivity index is 0.000000238. The molecule has 22 N–H and O–H groups in total. The third-order valence-corrected chi connectivity index (χ3v) is 19.6. The number of ether oxygens (including phenoxy) is 7. The number of carbonyl (C=O) groups excluding carboxylic acids is 3. The summed E-state index contributed by atoms with van der Waals surface area (Å²) in [6.07, 6.45) is 3.38. The van der Waals surface area contributed by atoms with E-state index in [1.54, 1.807) is 103 Å². The maximum absolute atomic E-state index is 12.7. The second-order valence-corrected chi connectivity index (χ2v) is 30.8. The monoisotopic (exact) mass is 2270 g/mol. The van der Waals surface area contributed by atoms with Crippen LogP contribution < -0.4 is 89.0 Å². The molecule has 39 heteroatoms. The number of aliphatic imine (C=N–C) groups is 2. The van der Waals surface area contributed by atoms with Gasteiger partial charge in [0.2, 0.25) is 41.9 Å². The standard InChI is InChI=1S/C23H21N5O2.C21H17N3O2.C16H15N5O2.C15H15N5O.C14H10N2O2.C13H13NO.C8H7ClO.H4N2.2H2O.2Pr/c1-16-10-12-18(13-11-16)21(29)28-22(24)26-23(27-28)25-19-8-5-9-20(14-19)30-15-17-6-3-2-4-7-17;22-16-23-21(26-19-11-5-2-6-12-19)24-18-10-7-13-20(14-18)25-15-17-8-3-1-4-9-17;1-10-5-7-11(8-6-10)14(23)21-15(17)19-16(20-21)18-12-3-2-4-13(22)9-12;16-14-18-15(20-19-14)17-12-7-4-8-13(9-12)21-10-11-5-2-1-3-6-11;15-11-16-14(17-12-7-3-1-4-8-12)18-13-9-5-2-6-10-13;14-12-7-4-8-13(9-12)15-10-11-5-2-1-3-6-11;1-6-2-4-7(5-3-6)8(9)10;1-2;;;;/h2-14H,15H2,1H3,(H3,24,25,26,27);1-14H,15H2,(H,23,24);2-9,22H,1H3,(H3,17,18,19,20);1-9H,10H2,(H4,16,17,18,19,20);1-10H;1-9H,10,14H2;2-5H,1H3;1-2H2;2*1H2;;. The quantitative estimate of drug-likeness (QED) is 0.00369. The van der Waals surface area contributed by atoms with Crippen molar-refractivity contribution in [3.63, 3.8) is 0 Å². The van der Waals surface area contributed by atoms with Crippen LogP contribution in [0, 0.1) is 126 Å². The van der Waals surface area contributed by atoms with Crippen molar-refractivity contribution in [2.75, 3.05) is 38.9 Å². The number of hydrogen-bond acceptors (Lipinski definition) is 30. The van der Waals surface area contributed by atoms with E-state index < -0.39 is 5.24 Å². The maximum Gasteiger partial charge on any atom is 0.410 e. The molecule has 0 amide bonds. The SMILES string of the molecule is Cc1ccc(C(=O)Cl)cc1.Cc1ccc(C(=O)n2nc(Nc3cccc(O)c3)nc2N)cc1.Cc1ccc(C(=O)n2nc(Nc3cccc(OCc4ccccc4)c3)nc2N)cc1.N#CN=C(Oc1ccccc1)Oc1ccccc1.N#CNC(=Nc1cccc(OCc2ccccc2)c1)Oc1ccccc1.NN.Nc1cccc(OCc2ccccc2)c1.Nc1nc(Nc2cccc(OCc3ccccc3)c2)n[nH]1.O.O.[Pr].[Pr]. The number of anilines is 10. The van der Waals surface area contributed by atoms with Gasteiger partial charge in [-0.2, -0.15) is 39.8 Å². The Labute approximate surface area is 931 Å². The van der Waals surface area contributed by atoms with Gasteiger partial charge in [0.05, 0.1) is 5.69 Å². The predicted molar refractivity (Wildman–Crippen MR) is 570 cm³/mol. The van der Waals surface area contributed by atoms with E-state index in [9.17, 15) is 19.5 Å². The number of benzene rings is 15. The summed E-state index contributed by atoms with van der Waals surface area (Å²) >= 11 is 5.22. The molecule has 0 unspecified atom stereocenters. The molecule has 149 heavy (non-hydrogen) atoms. The summed E-state index contributed by atoms with van der Waals surface area (Å²) in [5.41, 5.74) is 35.5. The number of phenolic OH excluding ortho intramolecular Hbond substituents is 1. The number of nitrogens with one attached hydrogen (secondary N) is 5. The number of hydrazine groups is 1. The van der Waals surface area contributed by atoms with Gasteiger partial charge in [-0.1, -0.05) is 264 Å². The first-order valence-corrected chi connectivity index (χ1v) is 44.8. The minimum Gasteiger partial charge on any atom is -0.508 e. The molecule has 0 aliphatic carbocycles. The van der Waals surface area contributed by atoms with E-state index in [4.69, 9.17) is 78.2 Å². The number of carbonyl (C=O) groups is 3. The van der Waals surface area contributed by atoms with Crippen LogP contribution >= 0.6 is 11.6 Å². The van der Waals surface area contributed by atoms with Gasteiger partial charge < -0.3 is 88.1 Å². The zero-order chi connectivity index (χ0) is 103. The van der Waals surface area contributed by atoms with Crippen LogP contribution in [0.4, 0.5) is 64.1 Å². The predicted octanol–water partition coefficient (Wildman–Crippen LogP) is 19.0. The Hall–Kier alpha value is -17.3. The number of rotatable bonds is 25. The first kappa shape index (κ1) is 119. The summed E-state index contributed by atoms with van der Waals surface area (Å²) in [5.74, 6) is 13.2. The molecule has 0 saturated carbocycles. The number of nitriles is 2. The van der Waals surface area contributed by atoms with E-state index in [1.165, 1.54) is 6.07 Å². The van der Waals surface area contributed by atoms with E-state index in [2.05, 4.69) is 78.3 Å². The molecule has 2 radical (unpaired) electrons. The number of nitrogen functional groups attached to an aromatic ring is 4. The van der Waals surface area contributed by atoms with Crippen LogP contribution in [0.3, 0.4) is 0 Å². The van der Waals surface area contributed by atoms with Gasteiger partial charge in [-0.05, 0) is 188 Å². The van der Waals surface area contributed by atoms with Crippen molar-refractivity contribution in [3.05, 3.63) is 462 Å². The van der Waals surface area contributed by atoms with E-state index in [0.717, 1.165) is 76.9 Å². The minimum atomic E-state index is -0.403. The average molecular weight is 2280 g/mol. The van der Waals surface area contributed by atoms with Crippen molar-refractivity contribution in [2.24, 2.45) is 21.7 Å². The van der Waals surface area contributed by atoms with Gasteiger partial charge in [-0.25, -0.2) is 10.4 Å². The van der Waals surface area contributed by atoms with Crippen molar-refractivity contribution in [3.8, 4) is 58.4 Å². The minimum absolute atomic E-state index is 0. The smallest absolute Gasteiger partial charge is 0.410 e. The molecule has 0 saturated heterocycles. The molecule has 0 fully saturated rings. The van der Waals surface area contributed by atoms with Crippen LogP contribution in [0.15, 0.2) is 416 Å². The molecule has 752 valence electrons. The largest absolute Gasteiger partial charge is 0.508 e. The summed E-state index contributed by atoms with van der Waals surface area (Å²) < 4.78 is 41.4. The summed E-state index contributed by atoms with van der Waals surface area (Å²) in [7, 11) is 0.